The van der Waals surface area contributed by atoms with E-state index in [1.165, 1.54) is 0 Å². The van der Waals surface area contributed by atoms with Crippen molar-refractivity contribution in [2.45, 2.75) is 39.2 Å². The minimum absolute atomic E-state index is 0.563. The standard InChI is InChI=1S/C13H18ClNO2/c1-3-4-8-11(13(16)17)15-12-9(2)6-5-7-10(12)14/h5-7,11,15H,3-4,8H2,1-2H3,(H,16,17). The molecule has 0 aliphatic heterocycles. The first kappa shape index (κ1) is 13.8. The molecule has 2 N–H and O–H groups in total. The fraction of sp³-hybridized carbons (Fsp3) is 0.462. The highest BCUT2D eigenvalue weighted by Crippen LogP contribution is 2.26. The number of carboxylic acids is 1. The van der Waals surface area contributed by atoms with Crippen LogP contribution in [0.4, 0.5) is 5.69 Å². The summed E-state index contributed by atoms with van der Waals surface area (Å²) in [7, 11) is 0. The molecule has 0 radical (unpaired) electrons. The molecule has 94 valence electrons. The highest BCUT2D eigenvalue weighted by Gasteiger charge is 2.18. The van der Waals surface area contributed by atoms with Crippen LogP contribution in [0, 0.1) is 6.92 Å². The molecule has 4 heteroatoms. The zero-order valence-corrected chi connectivity index (χ0v) is 10.9. The van der Waals surface area contributed by atoms with Gasteiger partial charge in [-0.2, -0.15) is 0 Å². The quantitative estimate of drug-likeness (QED) is 0.815. The van der Waals surface area contributed by atoms with E-state index in [4.69, 9.17) is 16.7 Å². The number of halogens is 1. The van der Waals surface area contributed by atoms with Gasteiger partial charge < -0.3 is 10.4 Å². The van der Waals surface area contributed by atoms with Crippen LogP contribution in [0.25, 0.3) is 0 Å². The van der Waals surface area contributed by atoms with Crippen molar-refractivity contribution in [3.05, 3.63) is 28.8 Å². The number of hydrogen-bond donors (Lipinski definition) is 2. The maximum atomic E-state index is 11.1. The van der Waals surface area contributed by atoms with Gasteiger partial charge in [0.15, 0.2) is 0 Å². The van der Waals surface area contributed by atoms with Crippen molar-refractivity contribution in [1.82, 2.24) is 0 Å². The molecule has 17 heavy (non-hydrogen) atoms. The third kappa shape index (κ3) is 3.93. The van der Waals surface area contributed by atoms with Gasteiger partial charge in [-0.05, 0) is 25.0 Å². The predicted octanol–water partition coefficient (Wildman–Crippen LogP) is 3.70. The van der Waals surface area contributed by atoms with E-state index in [2.05, 4.69) is 5.32 Å². The third-order valence-corrected chi connectivity index (χ3v) is 3.00. The Morgan fingerprint density at radius 1 is 1.53 bits per heavy atom. The average molecular weight is 256 g/mol. The zero-order valence-electron chi connectivity index (χ0n) is 10.2. The van der Waals surface area contributed by atoms with E-state index in [-0.39, 0.29) is 0 Å². The number of para-hydroxylation sites is 1. The summed E-state index contributed by atoms with van der Waals surface area (Å²) in [6.07, 6.45) is 2.47. The minimum atomic E-state index is -0.835. The Morgan fingerprint density at radius 2 is 2.24 bits per heavy atom. The highest BCUT2D eigenvalue weighted by molar-refractivity contribution is 6.33. The van der Waals surface area contributed by atoms with E-state index in [1.807, 2.05) is 26.0 Å². The van der Waals surface area contributed by atoms with Crippen LogP contribution in [0.3, 0.4) is 0 Å². The molecule has 1 atom stereocenters. The Bertz CT molecular complexity index is 373. The lowest BCUT2D eigenvalue weighted by Crippen LogP contribution is -2.29. The number of benzene rings is 1. The fourth-order valence-electron chi connectivity index (χ4n) is 1.65. The molecule has 0 saturated carbocycles. The Balaban J connectivity index is 2.82. The van der Waals surface area contributed by atoms with Gasteiger partial charge in [-0.25, -0.2) is 4.79 Å². The highest BCUT2D eigenvalue weighted by atomic mass is 35.5. The molecule has 1 aromatic rings. The van der Waals surface area contributed by atoms with Crippen molar-refractivity contribution in [2.75, 3.05) is 5.32 Å². The number of unbranched alkanes of at least 4 members (excludes halogenated alkanes) is 1. The molecule has 0 fully saturated rings. The van der Waals surface area contributed by atoms with Crippen molar-refractivity contribution < 1.29 is 9.90 Å². The molecule has 1 unspecified atom stereocenters. The van der Waals surface area contributed by atoms with Crippen molar-refractivity contribution in [3.8, 4) is 0 Å². The predicted molar refractivity (Wildman–Crippen MR) is 70.8 cm³/mol. The van der Waals surface area contributed by atoms with Crippen LogP contribution >= 0.6 is 11.6 Å². The second-order valence-electron chi connectivity index (χ2n) is 4.11. The third-order valence-electron chi connectivity index (χ3n) is 2.68. The lowest BCUT2D eigenvalue weighted by Gasteiger charge is -2.18. The van der Waals surface area contributed by atoms with E-state index in [9.17, 15) is 4.79 Å². The van der Waals surface area contributed by atoms with Crippen molar-refractivity contribution in [1.29, 1.82) is 0 Å². The van der Waals surface area contributed by atoms with Gasteiger partial charge in [-0.15, -0.1) is 0 Å². The SMILES string of the molecule is CCCCC(Nc1c(C)cccc1Cl)C(=O)O. The van der Waals surface area contributed by atoms with Gasteiger partial charge in [-0.1, -0.05) is 43.5 Å². The molecule has 0 spiro atoms. The van der Waals surface area contributed by atoms with Crippen LogP contribution in [-0.4, -0.2) is 17.1 Å². The van der Waals surface area contributed by atoms with Gasteiger partial charge in [0.1, 0.15) is 6.04 Å². The molecule has 0 aromatic heterocycles. The molecule has 0 amide bonds. The molecular formula is C13H18ClNO2. The molecule has 1 rings (SSSR count). The van der Waals surface area contributed by atoms with E-state index < -0.39 is 12.0 Å². The molecular weight excluding hydrogens is 238 g/mol. The summed E-state index contributed by atoms with van der Waals surface area (Å²) < 4.78 is 0. The monoisotopic (exact) mass is 255 g/mol. The number of carboxylic acid groups (broad SMARTS) is 1. The first-order valence-corrected chi connectivity index (χ1v) is 6.18. The van der Waals surface area contributed by atoms with E-state index in [1.54, 1.807) is 6.07 Å². The Hall–Kier alpha value is -1.22. The van der Waals surface area contributed by atoms with Gasteiger partial charge in [-0.3, -0.25) is 0 Å². The van der Waals surface area contributed by atoms with Gasteiger partial charge in [0.2, 0.25) is 0 Å². The maximum absolute atomic E-state index is 11.1. The molecule has 0 heterocycles. The number of anilines is 1. The molecule has 0 aliphatic carbocycles. The second-order valence-corrected chi connectivity index (χ2v) is 4.52. The summed E-state index contributed by atoms with van der Waals surface area (Å²) in [6.45, 7) is 3.95. The van der Waals surface area contributed by atoms with Gasteiger partial charge in [0.05, 0.1) is 10.7 Å². The van der Waals surface area contributed by atoms with Gasteiger partial charge >= 0.3 is 5.97 Å². The average Bonchev–Trinajstić information content (AvgIpc) is 2.27. The molecule has 0 saturated heterocycles. The molecule has 0 bridgehead atoms. The summed E-state index contributed by atoms with van der Waals surface area (Å²) in [6, 6.07) is 4.95. The lowest BCUT2D eigenvalue weighted by atomic mass is 10.1. The molecule has 0 aliphatic rings. The Morgan fingerprint density at radius 3 is 2.76 bits per heavy atom. The zero-order chi connectivity index (χ0) is 12.8. The summed E-state index contributed by atoms with van der Waals surface area (Å²) in [5, 5.41) is 12.7. The lowest BCUT2D eigenvalue weighted by molar-refractivity contribution is -0.138. The number of nitrogens with one attached hydrogen (secondary N) is 1. The molecule has 3 nitrogen and oxygen atoms in total. The number of carbonyl (C=O) groups is 1. The van der Waals surface area contributed by atoms with Gasteiger partial charge in [0.25, 0.3) is 0 Å². The topological polar surface area (TPSA) is 49.3 Å². The Kier molecular flexibility index (Phi) is 5.29. The van der Waals surface area contributed by atoms with Crippen LogP contribution in [0.1, 0.15) is 31.7 Å². The smallest absolute Gasteiger partial charge is 0.326 e. The van der Waals surface area contributed by atoms with Crippen LogP contribution in [0.2, 0.25) is 5.02 Å². The number of hydrogen-bond acceptors (Lipinski definition) is 2. The summed E-state index contributed by atoms with van der Waals surface area (Å²) in [5.41, 5.74) is 1.68. The van der Waals surface area contributed by atoms with Crippen molar-refractivity contribution in [2.24, 2.45) is 0 Å². The molecule has 1 aromatic carbocycles. The van der Waals surface area contributed by atoms with E-state index >= 15 is 0 Å². The summed E-state index contributed by atoms with van der Waals surface area (Å²) in [4.78, 5) is 11.1. The minimum Gasteiger partial charge on any atom is -0.480 e. The van der Waals surface area contributed by atoms with Crippen LogP contribution in [-0.2, 0) is 4.79 Å². The van der Waals surface area contributed by atoms with Crippen LogP contribution < -0.4 is 5.32 Å². The summed E-state index contributed by atoms with van der Waals surface area (Å²) in [5.74, 6) is -0.835. The number of rotatable bonds is 6. The fourth-order valence-corrected chi connectivity index (χ4v) is 1.93. The normalized spacial score (nSPS) is 12.2. The van der Waals surface area contributed by atoms with E-state index in [0.29, 0.717) is 11.4 Å². The summed E-state index contributed by atoms with van der Waals surface area (Å²) >= 11 is 6.06. The van der Waals surface area contributed by atoms with Gasteiger partial charge in [0, 0.05) is 0 Å². The second kappa shape index (κ2) is 6.50. The largest absolute Gasteiger partial charge is 0.480 e. The first-order valence-electron chi connectivity index (χ1n) is 5.80. The number of aliphatic carboxylic acids is 1. The maximum Gasteiger partial charge on any atom is 0.326 e. The van der Waals surface area contributed by atoms with Crippen molar-refractivity contribution in [3.63, 3.8) is 0 Å². The van der Waals surface area contributed by atoms with Crippen molar-refractivity contribution >= 4 is 23.3 Å². The Labute approximate surface area is 107 Å². The first-order chi connectivity index (χ1) is 8.06. The van der Waals surface area contributed by atoms with Crippen LogP contribution in [0.15, 0.2) is 18.2 Å². The van der Waals surface area contributed by atoms with Crippen LogP contribution in [0.5, 0.6) is 0 Å². The van der Waals surface area contributed by atoms with E-state index in [0.717, 1.165) is 24.1 Å². The number of aryl methyl sites for hydroxylation is 1.